The van der Waals surface area contributed by atoms with E-state index in [1.54, 1.807) is 0 Å². The highest BCUT2D eigenvalue weighted by molar-refractivity contribution is 6.10. The van der Waals surface area contributed by atoms with E-state index in [1.807, 2.05) is 0 Å². The number of fused-ring (bicyclic) bond motifs is 6. The fourth-order valence-electron chi connectivity index (χ4n) is 10.3. The van der Waals surface area contributed by atoms with Crippen molar-refractivity contribution in [1.29, 1.82) is 0 Å². The average molecular weight is 803 g/mol. The maximum atomic E-state index is 2.45. The van der Waals surface area contributed by atoms with Crippen LogP contribution in [0.3, 0.4) is 0 Å². The second kappa shape index (κ2) is 15.1. The van der Waals surface area contributed by atoms with Gasteiger partial charge in [-0.2, -0.15) is 0 Å². The summed E-state index contributed by atoms with van der Waals surface area (Å²) in [6.07, 6.45) is 0. The number of nitrogens with zero attached hydrogens (tertiary/aromatic N) is 2. The quantitative estimate of drug-likeness (QED) is 0.149. The molecule has 0 N–H and O–H groups in total. The van der Waals surface area contributed by atoms with E-state index in [9.17, 15) is 0 Å². The Morgan fingerprint density at radius 1 is 0.302 bits per heavy atom. The van der Waals surface area contributed by atoms with Gasteiger partial charge in [0.05, 0.1) is 16.4 Å². The van der Waals surface area contributed by atoms with Crippen molar-refractivity contribution in [2.24, 2.45) is 0 Å². The molecule has 0 amide bonds. The van der Waals surface area contributed by atoms with Crippen LogP contribution in [0.2, 0.25) is 0 Å². The highest BCUT2D eigenvalue weighted by Gasteiger charge is 2.46. The van der Waals surface area contributed by atoms with Gasteiger partial charge in [-0.05, 0) is 122 Å². The van der Waals surface area contributed by atoms with E-state index >= 15 is 0 Å². The lowest BCUT2D eigenvalue weighted by atomic mass is 9.67. The van der Waals surface area contributed by atoms with E-state index in [2.05, 4.69) is 264 Å². The Hall–Kier alpha value is -8.20. The van der Waals surface area contributed by atoms with E-state index in [-0.39, 0.29) is 0 Å². The van der Waals surface area contributed by atoms with E-state index < -0.39 is 5.41 Å². The highest BCUT2D eigenvalue weighted by Crippen LogP contribution is 2.57. The molecule has 1 heterocycles. The van der Waals surface area contributed by atoms with Gasteiger partial charge in [-0.3, -0.25) is 0 Å². The standard InChI is InChI=1S/C61H42N2/c1-5-19-43(20-6-1)44-21-17-30-51(39-44)63-59-34-16-14-32-55(59)56-41-46(35-38-60(56)63)45-22-18-29-50(40-45)62(49-27-11-4-12-28-49)52-36-37-54-53-31-13-15-33-57(53)61(58(54)42-52,47-23-7-2-8-24-47)48-25-9-3-10-26-48/h1-42H. The molecule has 1 aliphatic rings. The largest absolute Gasteiger partial charge is 0.310 e. The summed E-state index contributed by atoms with van der Waals surface area (Å²) in [6.45, 7) is 0. The fourth-order valence-corrected chi connectivity index (χ4v) is 10.3. The van der Waals surface area contributed by atoms with Crippen LogP contribution in [-0.2, 0) is 5.41 Å². The SMILES string of the molecule is c1ccc(-c2cccc(-n3c4ccccc4c4cc(-c5cccc(N(c6ccccc6)c6ccc7c(c6)C(c6ccccc6)(c6ccccc6)c6ccccc6-7)c5)ccc43)c2)cc1. The second-order valence-electron chi connectivity index (χ2n) is 16.5. The van der Waals surface area contributed by atoms with Crippen molar-refractivity contribution < 1.29 is 0 Å². The Balaban J connectivity index is 1.01. The van der Waals surface area contributed by atoms with Gasteiger partial charge in [-0.1, -0.05) is 188 Å². The zero-order valence-electron chi connectivity index (χ0n) is 34.6. The number of rotatable bonds is 8. The van der Waals surface area contributed by atoms with Crippen molar-refractivity contribution >= 4 is 38.9 Å². The first kappa shape index (κ1) is 36.6. The van der Waals surface area contributed by atoms with Crippen LogP contribution in [0.25, 0.3) is 60.9 Å². The van der Waals surface area contributed by atoms with Crippen molar-refractivity contribution in [3.8, 4) is 39.1 Å². The molecule has 2 nitrogen and oxygen atoms in total. The number of aromatic nitrogens is 1. The Morgan fingerprint density at radius 2 is 0.841 bits per heavy atom. The molecule has 0 atom stereocenters. The molecule has 63 heavy (non-hydrogen) atoms. The molecule has 1 aromatic heterocycles. The van der Waals surface area contributed by atoms with Crippen molar-refractivity contribution in [3.63, 3.8) is 0 Å². The molecule has 0 aliphatic heterocycles. The smallest absolute Gasteiger partial charge is 0.0714 e. The van der Waals surface area contributed by atoms with E-state index in [1.165, 1.54) is 71.9 Å². The Morgan fingerprint density at radius 3 is 1.60 bits per heavy atom. The van der Waals surface area contributed by atoms with Gasteiger partial charge in [0.1, 0.15) is 0 Å². The van der Waals surface area contributed by atoms with Crippen molar-refractivity contribution in [1.82, 2.24) is 4.57 Å². The monoisotopic (exact) mass is 802 g/mol. The summed E-state index contributed by atoms with van der Waals surface area (Å²) in [5, 5.41) is 2.47. The minimum atomic E-state index is -0.494. The first-order valence-electron chi connectivity index (χ1n) is 21.8. The molecule has 296 valence electrons. The molecule has 0 spiro atoms. The molecule has 0 radical (unpaired) electrons. The summed E-state index contributed by atoms with van der Waals surface area (Å²) < 4.78 is 2.41. The van der Waals surface area contributed by atoms with Gasteiger partial charge in [0, 0.05) is 33.5 Å². The zero-order chi connectivity index (χ0) is 41.7. The Labute approximate surface area is 368 Å². The average Bonchev–Trinajstić information content (AvgIpc) is 3.85. The van der Waals surface area contributed by atoms with Crippen LogP contribution in [0.15, 0.2) is 255 Å². The van der Waals surface area contributed by atoms with Gasteiger partial charge in [-0.25, -0.2) is 0 Å². The molecule has 2 heteroatoms. The summed E-state index contributed by atoms with van der Waals surface area (Å²) in [5.41, 5.74) is 18.8. The normalized spacial score (nSPS) is 12.6. The molecule has 11 aromatic rings. The van der Waals surface area contributed by atoms with Crippen molar-refractivity contribution in [3.05, 3.63) is 277 Å². The van der Waals surface area contributed by atoms with Crippen LogP contribution < -0.4 is 4.90 Å². The maximum Gasteiger partial charge on any atom is 0.0714 e. The third-order valence-electron chi connectivity index (χ3n) is 13.0. The molecule has 10 aromatic carbocycles. The van der Waals surface area contributed by atoms with Crippen LogP contribution in [0, 0.1) is 0 Å². The maximum absolute atomic E-state index is 2.45. The lowest BCUT2D eigenvalue weighted by molar-refractivity contribution is 0.768. The first-order chi connectivity index (χ1) is 31.3. The van der Waals surface area contributed by atoms with Crippen LogP contribution in [-0.4, -0.2) is 4.57 Å². The number of para-hydroxylation sites is 2. The minimum Gasteiger partial charge on any atom is -0.310 e. The molecular formula is C61H42N2. The van der Waals surface area contributed by atoms with Gasteiger partial charge in [0.25, 0.3) is 0 Å². The predicted octanol–water partition coefficient (Wildman–Crippen LogP) is 16.0. The lowest BCUT2D eigenvalue weighted by Gasteiger charge is -2.35. The zero-order valence-corrected chi connectivity index (χ0v) is 34.6. The lowest BCUT2D eigenvalue weighted by Crippen LogP contribution is -2.28. The third-order valence-corrected chi connectivity index (χ3v) is 13.0. The van der Waals surface area contributed by atoms with Crippen molar-refractivity contribution in [2.45, 2.75) is 5.41 Å². The van der Waals surface area contributed by atoms with Crippen LogP contribution in [0.1, 0.15) is 22.3 Å². The predicted molar refractivity (Wildman–Crippen MR) is 264 cm³/mol. The van der Waals surface area contributed by atoms with E-state index in [4.69, 9.17) is 0 Å². The molecule has 0 bridgehead atoms. The first-order valence-corrected chi connectivity index (χ1v) is 21.8. The van der Waals surface area contributed by atoms with Gasteiger partial charge in [-0.15, -0.1) is 0 Å². The van der Waals surface area contributed by atoms with Gasteiger partial charge in [0.15, 0.2) is 0 Å². The second-order valence-corrected chi connectivity index (χ2v) is 16.5. The summed E-state index contributed by atoms with van der Waals surface area (Å²) in [6, 6.07) is 93.2. The molecular weight excluding hydrogens is 761 g/mol. The van der Waals surface area contributed by atoms with Crippen LogP contribution in [0.4, 0.5) is 17.1 Å². The van der Waals surface area contributed by atoms with E-state index in [0.717, 1.165) is 28.3 Å². The molecule has 0 fully saturated rings. The molecule has 12 rings (SSSR count). The fraction of sp³-hybridized carbons (Fsp3) is 0.0164. The Bertz CT molecular complexity index is 3400. The van der Waals surface area contributed by atoms with Crippen LogP contribution in [0.5, 0.6) is 0 Å². The molecule has 0 unspecified atom stereocenters. The number of benzene rings is 10. The molecule has 0 saturated heterocycles. The number of hydrogen-bond donors (Lipinski definition) is 0. The summed E-state index contributed by atoms with van der Waals surface area (Å²) in [5.74, 6) is 0. The Kier molecular flexibility index (Phi) is 8.76. The third kappa shape index (κ3) is 5.95. The number of hydrogen-bond acceptors (Lipinski definition) is 1. The minimum absolute atomic E-state index is 0.494. The summed E-state index contributed by atoms with van der Waals surface area (Å²) >= 11 is 0. The van der Waals surface area contributed by atoms with Crippen molar-refractivity contribution in [2.75, 3.05) is 4.90 Å². The summed E-state index contributed by atoms with van der Waals surface area (Å²) in [4.78, 5) is 2.41. The van der Waals surface area contributed by atoms with Gasteiger partial charge < -0.3 is 9.47 Å². The van der Waals surface area contributed by atoms with E-state index in [0.29, 0.717) is 0 Å². The summed E-state index contributed by atoms with van der Waals surface area (Å²) in [7, 11) is 0. The number of anilines is 3. The van der Waals surface area contributed by atoms with Gasteiger partial charge in [0.2, 0.25) is 0 Å². The highest BCUT2D eigenvalue weighted by atomic mass is 15.1. The topological polar surface area (TPSA) is 8.17 Å². The van der Waals surface area contributed by atoms with Crippen LogP contribution >= 0.6 is 0 Å². The molecule has 1 aliphatic carbocycles. The molecule has 0 saturated carbocycles. The van der Waals surface area contributed by atoms with Gasteiger partial charge >= 0.3 is 0 Å².